The third-order valence-corrected chi connectivity index (χ3v) is 2.60. The Morgan fingerprint density at radius 3 is 2.60 bits per heavy atom. The van der Waals surface area contributed by atoms with Gasteiger partial charge in [0.1, 0.15) is 5.82 Å². The Labute approximate surface area is 76.4 Å². The fourth-order valence-corrected chi connectivity index (χ4v) is 2.08. The molecule has 10 heavy (non-hydrogen) atoms. The van der Waals surface area contributed by atoms with E-state index in [0.717, 1.165) is 9.13 Å². The van der Waals surface area contributed by atoms with Gasteiger partial charge in [0.15, 0.2) is 0 Å². The van der Waals surface area contributed by atoms with Crippen LogP contribution in [0.5, 0.6) is 0 Å². The van der Waals surface area contributed by atoms with Gasteiger partial charge in [0, 0.05) is 13.8 Å². The predicted octanol–water partition coefficient (Wildman–Crippen LogP) is 2.10. The molecule has 0 atom stereocenters. The Bertz CT molecular complexity index is 217. The van der Waals surface area contributed by atoms with E-state index in [1.54, 1.807) is 6.07 Å². The molecule has 1 aromatic carbocycles. The lowest BCUT2D eigenvalue weighted by atomic mass is 10.2. The first-order valence-corrected chi connectivity index (χ1v) is 4.61. The lowest BCUT2D eigenvalue weighted by Crippen LogP contribution is -1.92. The summed E-state index contributed by atoms with van der Waals surface area (Å²) in [5.74, 6) is -0.137. The zero-order chi connectivity index (χ0) is 7.56. The Hall–Kier alpha value is 0.0969. The molecular weight excluding hydrogens is 258 g/mol. The molecule has 0 aromatic heterocycles. The second-order valence-corrected chi connectivity index (χ2v) is 3.39. The predicted molar refractivity (Wildman–Crippen MR) is 48.6 cm³/mol. The van der Waals surface area contributed by atoms with Crippen molar-refractivity contribution in [3.05, 3.63) is 33.1 Å². The molecular formula is C7H5FISi. The van der Waals surface area contributed by atoms with Gasteiger partial charge in [-0.2, -0.15) is 0 Å². The summed E-state index contributed by atoms with van der Waals surface area (Å²) in [6.07, 6.45) is 0. The van der Waals surface area contributed by atoms with E-state index in [4.69, 9.17) is 0 Å². The van der Waals surface area contributed by atoms with Crippen molar-refractivity contribution in [3.8, 4) is 0 Å². The summed E-state index contributed by atoms with van der Waals surface area (Å²) in [5.41, 5.74) is 0.736. The molecule has 3 radical (unpaired) electrons. The summed E-state index contributed by atoms with van der Waals surface area (Å²) in [6, 6.07) is 5.64. The molecule has 1 rings (SSSR count). The largest absolute Gasteiger partial charge is 0.207 e. The van der Waals surface area contributed by atoms with Gasteiger partial charge in [-0.05, 0) is 46.3 Å². The van der Waals surface area contributed by atoms with Crippen LogP contribution >= 0.6 is 22.6 Å². The molecule has 0 saturated heterocycles. The van der Waals surface area contributed by atoms with Crippen LogP contribution < -0.4 is 0 Å². The summed E-state index contributed by atoms with van der Waals surface area (Å²) in [6.45, 7) is 0. The van der Waals surface area contributed by atoms with E-state index in [9.17, 15) is 4.39 Å². The minimum atomic E-state index is -0.137. The molecule has 0 aliphatic carbocycles. The molecule has 3 heteroatoms. The first-order chi connectivity index (χ1) is 4.75. The van der Waals surface area contributed by atoms with E-state index < -0.39 is 0 Å². The molecule has 0 nitrogen and oxygen atoms in total. The van der Waals surface area contributed by atoms with Crippen molar-refractivity contribution in [2.24, 2.45) is 0 Å². The summed E-state index contributed by atoms with van der Waals surface area (Å²) in [4.78, 5) is 0. The zero-order valence-corrected chi connectivity index (χ0v) is 8.35. The molecule has 0 bridgehead atoms. The monoisotopic (exact) mass is 263 g/mol. The SMILES string of the molecule is Fc1cccc(I)c1C[Si]. The third kappa shape index (κ3) is 1.57. The lowest BCUT2D eigenvalue weighted by molar-refractivity contribution is 0.615. The van der Waals surface area contributed by atoms with Crippen molar-refractivity contribution < 1.29 is 4.39 Å². The van der Waals surface area contributed by atoms with Gasteiger partial charge < -0.3 is 0 Å². The maximum atomic E-state index is 12.8. The summed E-state index contributed by atoms with van der Waals surface area (Å²) in [7, 11) is 3.26. The van der Waals surface area contributed by atoms with Crippen LogP contribution in [-0.2, 0) is 6.04 Å². The molecule has 1 aromatic rings. The van der Waals surface area contributed by atoms with E-state index in [1.165, 1.54) is 6.07 Å². The fourth-order valence-electron chi connectivity index (χ4n) is 0.701. The Balaban J connectivity index is 3.17. The molecule has 0 aliphatic heterocycles. The number of hydrogen-bond donors (Lipinski definition) is 0. The number of rotatable bonds is 1. The van der Waals surface area contributed by atoms with Gasteiger partial charge in [0.25, 0.3) is 0 Å². The molecule has 0 saturated carbocycles. The number of halogens is 2. The number of benzene rings is 1. The highest BCUT2D eigenvalue weighted by molar-refractivity contribution is 14.1. The first-order valence-electron chi connectivity index (χ1n) is 2.83. The third-order valence-electron chi connectivity index (χ3n) is 1.24. The van der Waals surface area contributed by atoms with Crippen LogP contribution in [0.3, 0.4) is 0 Å². The normalized spacial score (nSPS) is 9.90. The van der Waals surface area contributed by atoms with Gasteiger partial charge in [0.2, 0.25) is 0 Å². The van der Waals surface area contributed by atoms with E-state index in [-0.39, 0.29) is 5.82 Å². The van der Waals surface area contributed by atoms with Crippen LogP contribution in [0.4, 0.5) is 4.39 Å². The first kappa shape index (κ1) is 8.20. The summed E-state index contributed by atoms with van der Waals surface area (Å²) >= 11 is 2.11. The second-order valence-electron chi connectivity index (χ2n) is 1.88. The van der Waals surface area contributed by atoms with Crippen molar-refractivity contribution in [1.82, 2.24) is 0 Å². The molecule has 0 fully saturated rings. The van der Waals surface area contributed by atoms with Crippen LogP contribution in [0.15, 0.2) is 18.2 Å². The van der Waals surface area contributed by atoms with Gasteiger partial charge in [-0.3, -0.25) is 0 Å². The van der Waals surface area contributed by atoms with Crippen LogP contribution in [0.2, 0.25) is 0 Å². The maximum absolute atomic E-state index is 12.8. The molecule has 0 heterocycles. The Kier molecular flexibility index (Phi) is 2.85. The highest BCUT2D eigenvalue weighted by Crippen LogP contribution is 2.14. The smallest absolute Gasteiger partial charge is 0.127 e. The molecule has 0 unspecified atom stereocenters. The van der Waals surface area contributed by atoms with Crippen LogP contribution in [0.1, 0.15) is 5.56 Å². The van der Waals surface area contributed by atoms with E-state index in [1.807, 2.05) is 6.07 Å². The highest BCUT2D eigenvalue weighted by atomic mass is 127. The summed E-state index contributed by atoms with van der Waals surface area (Å²) in [5, 5.41) is 0. The van der Waals surface area contributed by atoms with Crippen molar-refractivity contribution in [3.63, 3.8) is 0 Å². The van der Waals surface area contributed by atoms with E-state index in [0.29, 0.717) is 6.04 Å². The lowest BCUT2D eigenvalue weighted by Gasteiger charge is -2.00. The molecule has 0 N–H and O–H groups in total. The highest BCUT2D eigenvalue weighted by Gasteiger charge is 2.01. The Morgan fingerprint density at radius 1 is 1.50 bits per heavy atom. The van der Waals surface area contributed by atoms with Crippen molar-refractivity contribution in [1.29, 1.82) is 0 Å². The van der Waals surface area contributed by atoms with Gasteiger partial charge in [-0.15, -0.1) is 0 Å². The molecule has 51 valence electrons. The molecule has 0 spiro atoms. The van der Waals surface area contributed by atoms with Gasteiger partial charge in [0.05, 0.1) is 0 Å². The Morgan fingerprint density at radius 2 is 2.20 bits per heavy atom. The van der Waals surface area contributed by atoms with Crippen molar-refractivity contribution in [2.45, 2.75) is 6.04 Å². The van der Waals surface area contributed by atoms with Gasteiger partial charge in [-0.25, -0.2) is 4.39 Å². The molecule has 0 aliphatic rings. The van der Waals surface area contributed by atoms with Crippen LogP contribution in [0.25, 0.3) is 0 Å². The maximum Gasteiger partial charge on any atom is 0.127 e. The topological polar surface area (TPSA) is 0 Å². The minimum Gasteiger partial charge on any atom is -0.207 e. The van der Waals surface area contributed by atoms with Crippen LogP contribution in [0, 0.1) is 9.39 Å². The average molecular weight is 263 g/mol. The quantitative estimate of drug-likeness (QED) is 0.537. The van der Waals surface area contributed by atoms with E-state index >= 15 is 0 Å². The van der Waals surface area contributed by atoms with Gasteiger partial charge >= 0.3 is 0 Å². The zero-order valence-electron chi connectivity index (χ0n) is 5.20. The van der Waals surface area contributed by atoms with Crippen LogP contribution in [-0.4, -0.2) is 10.2 Å². The minimum absolute atomic E-state index is 0.137. The second kappa shape index (κ2) is 3.48. The van der Waals surface area contributed by atoms with Crippen molar-refractivity contribution >= 4 is 32.8 Å². The van der Waals surface area contributed by atoms with Gasteiger partial charge in [-0.1, -0.05) is 6.07 Å². The summed E-state index contributed by atoms with van der Waals surface area (Å²) < 4.78 is 13.8. The van der Waals surface area contributed by atoms with E-state index in [2.05, 4.69) is 32.8 Å². The fraction of sp³-hybridized carbons (Fsp3) is 0.143. The average Bonchev–Trinajstić information content (AvgIpc) is 1.88. The standard InChI is InChI=1S/C7H5FISi/c8-6-2-1-3-7(9)5(6)4-10/h1-3H,4H2. The number of hydrogen-bond acceptors (Lipinski definition) is 0. The molecule has 0 amide bonds. The van der Waals surface area contributed by atoms with Crippen molar-refractivity contribution in [2.75, 3.05) is 0 Å².